The number of carbonyl (C=O) groups excluding carboxylic acids is 1. The zero-order valence-electron chi connectivity index (χ0n) is 17.9. The highest BCUT2D eigenvalue weighted by molar-refractivity contribution is 6.36. The summed E-state index contributed by atoms with van der Waals surface area (Å²) in [6.07, 6.45) is 0. The van der Waals surface area contributed by atoms with Gasteiger partial charge in [-0.3, -0.25) is 4.79 Å². The molecule has 4 aromatic rings. The van der Waals surface area contributed by atoms with E-state index in [4.69, 9.17) is 32.7 Å². The lowest BCUT2D eigenvalue weighted by Gasteiger charge is -2.09. The first-order valence-electron chi connectivity index (χ1n) is 9.96. The number of hydrogen-bond donors (Lipinski definition) is 1. The van der Waals surface area contributed by atoms with Gasteiger partial charge in [0.1, 0.15) is 11.5 Å². The number of benzene rings is 3. The molecule has 9 heteroatoms. The first-order chi connectivity index (χ1) is 16.0. The minimum atomic E-state index is -0.429. The summed E-state index contributed by atoms with van der Waals surface area (Å²) in [7, 11) is 3.21. The molecule has 4 rings (SSSR count). The van der Waals surface area contributed by atoms with E-state index in [9.17, 15) is 4.79 Å². The van der Waals surface area contributed by atoms with Gasteiger partial charge in [-0.25, -0.2) is 0 Å². The molecule has 0 aliphatic heterocycles. The number of ether oxygens (including phenoxy) is 2. The number of aromatic nitrogens is 3. The molecule has 0 saturated heterocycles. The van der Waals surface area contributed by atoms with Crippen molar-refractivity contribution in [3.8, 4) is 22.9 Å². The Morgan fingerprint density at radius 1 is 0.939 bits per heavy atom. The second kappa shape index (κ2) is 9.94. The monoisotopic (exact) mass is 482 g/mol. The summed E-state index contributed by atoms with van der Waals surface area (Å²) in [4.78, 5) is 17.9. The number of halogens is 2. The summed E-state index contributed by atoms with van der Waals surface area (Å²) in [6, 6.07) is 19.5. The molecular formula is C24H20Cl2N4O3. The lowest BCUT2D eigenvalue weighted by Crippen LogP contribution is -2.18. The molecule has 3 aromatic carbocycles. The Labute approximate surface area is 200 Å². The van der Waals surface area contributed by atoms with E-state index in [1.807, 2.05) is 36.4 Å². The molecule has 1 heterocycles. The van der Waals surface area contributed by atoms with Crippen LogP contribution in [-0.4, -0.2) is 34.9 Å². The van der Waals surface area contributed by atoms with E-state index in [1.54, 1.807) is 38.5 Å². The zero-order chi connectivity index (χ0) is 23.4. The average molecular weight is 483 g/mol. The first kappa shape index (κ1) is 22.6. The summed E-state index contributed by atoms with van der Waals surface area (Å²) in [5, 5.41) is 8.32. The van der Waals surface area contributed by atoms with Crippen LogP contribution in [0.2, 0.25) is 10.0 Å². The van der Waals surface area contributed by atoms with Crippen molar-refractivity contribution in [3.05, 3.63) is 87.9 Å². The Hall–Kier alpha value is -3.55. The van der Waals surface area contributed by atoms with Gasteiger partial charge in [-0.05, 0) is 60.2 Å². The van der Waals surface area contributed by atoms with Gasteiger partial charge in [0, 0.05) is 17.1 Å². The van der Waals surface area contributed by atoms with Gasteiger partial charge >= 0.3 is 0 Å². The van der Waals surface area contributed by atoms with Crippen molar-refractivity contribution in [2.75, 3.05) is 19.5 Å². The Morgan fingerprint density at radius 2 is 1.58 bits per heavy atom. The Morgan fingerprint density at radius 3 is 2.18 bits per heavy atom. The molecule has 0 spiro atoms. The third kappa shape index (κ3) is 5.10. The van der Waals surface area contributed by atoms with Crippen LogP contribution in [0.1, 0.15) is 15.9 Å². The Kier molecular flexibility index (Phi) is 6.82. The van der Waals surface area contributed by atoms with Gasteiger partial charge in [0.05, 0.1) is 24.8 Å². The van der Waals surface area contributed by atoms with Crippen molar-refractivity contribution in [1.29, 1.82) is 0 Å². The predicted octanol–water partition coefficient (Wildman–Crippen LogP) is 5.57. The summed E-state index contributed by atoms with van der Waals surface area (Å²) in [5.74, 6) is 1.71. The molecule has 0 saturated carbocycles. The van der Waals surface area contributed by atoms with E-state index >= 15 is 0 Å². The van der Waals surface area contributed by atoms with E-state index in [2.05, 4.69) is 15.4 Å². The van der Waals surface area contributed by atoms with Gasteiger partial charge in [-0.2, -0.15) is 9.67 Å². The molecule has 168 valence electrons. The molecule has 33 heavy (non-hydrogen) atoms. The molecule has 0 amide bonds. The second-order valence-corrected chi connectivity index (χ2v) is 7.87. The third-order valence-electron chi connectivity index (χ3n) is 4.92. The van der Waals surface area contributed by atoms with Gasteiger partial charge in [0.15, 0.2) is 5.82 Å². The summed E-state index contributed by atoms with van der Waals surface area (Å²) >= 11 is 12.3. The average Bonchev–Trinajstić information content (AvgIpc) is 3.27. The van der Waals surface area contributed by atoms with E-state index in [0.29, 0.717) is 23.1 Å². The number of nitrogens with zero attached hydrogens (tertiary/aromatic N) is 3. The number of nitrogens with one attached hydrogen (secondary N) is 1. The number of rotatable bonds is 7. The summed E-state index contributed by atoms with van der Waals surface area (Å²) < 4.78 is 11.6. The van der Waals surface area contributed by atoms with Crippen molar-refractivity contribution < 1.29 is 14.3 Å². The number of anilines is 1. The van der Waals surface area contributed by atoms with Gasteiger partial charge in [0.2, 0.25) is 5.95 Å². The second-order valence-electron chi connectivity index (χ2n) is 7.03. The van der Waals surface area contributed by atoms with Crippen LogP contribution in [0.15, 0.2) is 66.7 Å². The fourth-order valence-corrected chi connectivity index (χ4v) is 3.62. The lowest BCUT2D eigenvalue weighted by molar-refractivity contribution is 0.0947. The SMILES string of the molecule is COc1ccc(CNc2nc(-c3ccc(OC)cc3)nn2C(=O)c2ccc(Cl)cc2Cl)cc1. The molecule has 0 unspecified atom stereocenters. The Bertz CT molecular complexity index is 1270. The first-order valence-corrected chi connectivity index (χ1v) is 10.7. The van der Waals surface area contributed by atoms with Crippen LogP contribution >= 0.6 is 23.2 Å². The van der Waals surface area contributed by atoms with Gasteiger partial charge < -0.3 is 14.8 Å². The van der Waals surface area contributed by atoms with E-state index < -0.39 is 5.91 Å². The van der Waals surface area contributed by atoms with Crippen molar-refractivity contribution in [1.82, 2.24) is 14.8 Å². The molecule has 0 aliphatic rings. The van der Waals surface area contributed by atoms with Gasteiger partial charge in [-0.15, -0.1) is 5.10 Å². The van der Waals surface area contributed by atoms with Crippen molar-refractivity contribution in [2.45, 2.75) is 6.54 Å². The molecule has 0 atom stereocenters. The van der Waals surface area contributed by atoms with Crippen LogP contribution in [0.5, 0.6) is 11.5 Å². The van der Waals surface area contributed by atoms with E-state index in [0.717, 1.165) is 16.9 Å². The van der Waals surface area contributed by atoms with Gasteiger partial charge in [0.25, 0.3) is 5.91 Å². The van der Waals surface area contributed by atoms with Crippen LogP contribution in [0, 0.1) is 0 Å². The van der Waals surface area contributed by atoms with Crippen LogP contribution in [-0.2, 0) is 6.54 Å². The highest BCUT2D eigenvalue weighted by Gasteiger charge is 2.21. The van der Waals surface area contributed by atoms with Crippen molar-refractivity contribution >= 4 is 35.1 Å². The summed E-state index contributed by atoms with van der Waals surface area (Å²) in [6.45, 7) is 0.423. The topological polar surface area (TPSA) is 78.3 Å². The van der Waals surface area contributed by atoms with Crippen molar-refractivity contribution in [2.24, 2.45) is 0 Å². The number of methoxy groups -OCH3 is 2. The van der Waals surface area contributed by atoms with Crippen LogP contribution in [0.25, 0.3) is 11.4 Å². The highest BCUT2D eigenvalue weighted by atomic mass is 35.5. The molecule has 1 aromatic heterocycles. The molecule has 0 radical (unpaired) electrons. The molecule has 1 N–H and O–H groups in total. The normalized spacial score (nSPS) is 10.7. The smallest absolute Gasteiger partial charge is 0.282 e. The van der Waals surface area contributed by atoms with E-state index in [-0.39, 0.29) is 16.5 Å². The van der Waals surface area contributed by atoms with Crippen LogP contribution in [0.4, 0.5) is 5.95 Å². The maximum Gasteiger partial charge on any atom is 0.282 e. The highest BCUT2D eigenvalue weighted by Crippen LogP contribution is 2.25. The number of hydrogen-bond acceptors (Lipinski definition) is 6. The minimum Gasteiger partial charge on any atom is -0.497 e. The third-order valence-corrected chi connectivity index (χ3v) is 5.47. The molecular weight excluding hydrogens is 463 g/mol. The minimum absolute atomic E-state index is 0.232. The largest absolute Gasteiger partial charge is 0.497 e. The van der Waals surface area contributed by atoms with Crippen LogP contribution < -0.4 is 14.8 Å². The Balaban J connectivity index is 1.68. The predicted molar refractivity (Wildman–Crippen MR) is 129 cm³/mol. The molecule has 0 bridgehead atoms. The summed E-state index contributed by atoms with van der Waals surface area (Å²) in [5.41, 5.74) is 1.98. The lowest BCUT2D eigenvalue weighted by atomic mass is 10.2. The zero-order valence-corrected chi connectivity index (χ0v) is 19.4. The fraction of sp³-hybridized carbons (Fsp3) is 0.125. The quantitative estimate of drug-likeness (QED) is 0.370. The van der Waals surface area contributed by atoms with Crippen molar-refractivity contribution in [3.63, 3.8) is 0 Å². The molecule has 0 fully saturated rings. The van der Waals surface area contributed by atoms with Crippen LogP contribution in [0.3, 0.4) is 0 Å². The van der Waals surface area contributed by atoms with Gasteiger partial charge in [-0.1, -0.05) is 35.3 Å². The molecule has 0 aliphatic carbocycles. The molecule has 7 nitrogen and oxygen atoms in total. The fourth-order valence-electron chi connectivity index (χ4n) is 3.13. The maximum atomic E-state index is 13.3. The maximum absolute atomic E-state index is 13.3. The number of carbonyl (C=O) groups is 1. The standard InChI is InChI=1S/C24H20Cl2N4O3/c1-32-18-8-3-15(4-9-18)14-27-24-28-22(16-5-10-19(33-2)11-6-16)29-30(24)23(31)20-12-7-17(25)13-21(20)26/h3-13H,14H2,1-2H3,(H,27,28,29). The van der Waals surface area contributed by atoms with E-state index in [1.165, 1.54) is 10.7 Å².